The molecule has 1 amide bonds. The van der Waals surface area contributed by atoms with Gasteiger partial charge in [-0.3, -0.25) is 9.20 Å². The summed E-state index contributed by atoms with van der Waals surface area (Å²) in [4.78, 5) is 23.7. The van der Waals surface area contributed by atoms with E-state index in [0.717, 1.165) is 11.4 Å². The molecule has 2 unspecified atom stereocenters. The second kappa shape index (κ2) is 8.13. The van der Waals surface area contributed by atoms with Gasteiger partial charge in [0.2, 0.25) is 0 Å². The van der Waals surface area contributed by atoms with Crippen LogP contribution in [0.1, 0.15) is 35.8 Å². The van der Waals surface area contributed by atoms with Crippen LogP contribution in [0.4, 0.5) is 11.6 Å². The number of carbonyl (C=O) groups excluding carboxylic acids is 1. The molecule has 1 saturated heterocycles. The van der Waals surface area contributed by atoms with E-state index in [1.165, 1.54) is 4.52 Å². The Morgan fingerprint density at radius 1 is 1.38 bits per heavy atom. The Hall–Kier alpha value is -3.38. The molecule has 2 atom stereocenters. The summed E-state index contributed by atoms with van der Waals surface area (Å²) in [5.74, 6) is 0.456. The Morgan fingerprint density at radius 3 is 2.94 bits per heavy atom. The molecule has 4 aromatic rings. The van der Waals surface area contributed by atoms with E-state index in [2.05, 4.69) is 20.4 Å². The highest BCUT2D eigenvalue weighted by Crippen LogP contribution is 2.35. The van der Waals surface area contributed by atoms with Crippen LogP contribution in [-0.4, -0.2) is 62.4 Å². The van der Waals surface area contributed by atoms with Gasteiger partial charge >= 0.3 is 0 Å². The fourth-order valence-corrected chi connectivity index (χ4v) is 6.27. The Bertz CT molecular complexity index is 1530. The van der Waals surface area contributed by atoms with Crippen molar-refractivity contribution in [1.29, 1.82) is 0 Å². The predicted molar refractivity (Wildman–Crippen MR) is 129 cm³/mol. The fourth-order valence-electron chi connectivity index (χ4n) is 4.46. The van der Waals surface area contributed by atoms with Gasteiger partial charge < -0.3 is 16.0 Å². The molecule has 0 bridgehead atoms. The standard InChI is InChI=1S/C21H23ClN8O3S/c1-12-10-34(32,33)7-6-28(12)21-14(8-15(22)16-9-24-11-29(16)21)13(2)26-20(31)17-18(23)27-30-5-3-4-25-19(17)30/h3-5,8-9,11-13H,6-7,10H2,1-2H3,(H2,23,27)(H,26,31). The van der Waals surface area contributed by atoms with E-state index < -0.39 is 21.8 Å². The van der Waals surface area contributed by atoms with Gasteiger partial charge in [-0.25, -0.2) is 22.9 Å². The van der Waals surface area contributed by atoms with Crippen molar-refractivity contribution in [3.63, 3.8) is 0 Å². The summed E-state index contributed by atoms with van der Waals surface area (Å²) < 4.78 is 27.7. The quantitative estimate of drug-likeness (QED) is 0.430. The zero-order chi connectivity index (χ0) is 24.2. The molecule has 3 N–H and O–H groups in total. The van der Waals surface area contributed by atoms with Crippen LogP contribution in [0, 0.1) is 0 Å². The van der Waals surface area contributed by atoms with Crippen LogP contribution >= 0.6 is 11.6 Å². The number of halogens is 1. The maximum absolute atomic E-state index is 13.2. The van der Waals surface area contributed by atoms with Crippen molar-refractivity contribution in [2.75, 3.05) is 28.7 Å². The lowest BCUT2D eigenvalue weighted by molar-refractivity contribution is 0.0942. The van der Waals surface area contributed by atoms with Crippen molar-refractivity contribution in [3.8, 4) is 0 Å². The number of nitrogens with one attached hydrogen (secondary N) is 1. The Kier molecular flexibility index (Phi) is 5.36. The number of aromatic nitrogens is 5. The molecule has 0 aromatic carbocycles. The van der Waals surface area contributed by atoms with Crippen LogP contribution < -0.4 is 16.0 Å². The zero-order valence-corrected chi connectivity index (χ0v) is 20.1. The molecule has 5 heterocycles. The minimum absolute atomic E-state index is 0.0383. The number of anilines is 2. The van der Waals surface area contributed by atoms with Crippen LogP contribution in [0.2, 0.25) is 5.02 Å². The Labute approximate surface area is 200 Å². The van der Waals surface area contributed by atoms with Crippen molar-refractivity contribution in [3.05, 3.63) is 53.2 Å². The molecule has 0 saturated carbocycles. The minimum atomic E-state index is -3.12. The summed E-state index contributed by atoms with van der Waals surface area (Å²) in [6, 6.07) is 2.70. The van der Waals surface area contributed by atoms with Gasteiger partial charge in [-0.1, -0.05) is 11.6 Å². The molecule has 0 aliphatic carbocycles. The summed E-state index contributed by atoms with van der Waals surface area (Å²) in [6.45, 7) is 4.01. The summed E-state index contributed by atoms with van der Waals surface area (Å²) in [6.07, 6.45) is 6.51. The number of sulfone groups is 1. The first-order valence-electron chi connectivity index (χ1n) is 10.7. The van der Waals surface area contributed by atoms with Crippen LogP contribution in [0.3, 0.4) is 0 Å². The highest BCUT2D eigenvalue weighted by Gasteiger charge is 2.33. The highest BCUT2D eigenvalue weighted by atomic mass is 35.5. The fraction of sp³-hybridized carbons (Fsp3) is 0.333. The largest absolute Gasteiger partial charge is 0.381 e. The molecule has 0 spiro atoms. The summed E-state index contributed by atoms with van der Waals surface area (Å²) in [5, 5.41) is 7.59. The maximum atomic E-state index is 13.2. The van der Waals surface area contributed by atoms with Crippen molar-refractivity contribution < 1.29 is 13.2 Å². The molecular formula is C21H23ClN8O3S. The second-order valence-corrected chi connectivity index (χ2v) is 11.1. The first kappa shape index (κ1) is 22.4. The van der Waals surface area contributed by atoms with Crippen molar-refractivity contribution in [2.45, 2.75) is 25.9 Å². The summed E-state index contributed by atoms with van der Waals surface area (Å²) >= 11 is 6.55. The number of rotatable bonds is 4. The number of fused-ring (bicyclic) bond motifs is 2. The SMILES string of the molecule is CC(NC(=O)c1c(N)nn2cccnc12)c1cc(Cl)c2cncn2c1N1CCS(=O)(=O)CC1C. The molecule has 1 aliphatic rings. The molecule has 1 fully saturated rings. The third-order valence-electron chi connectivity index (χ3n) is 6.06. The molecule has 0 radical (unpaired) electrons. The van der Waals surface area contributed by atoms with Crippen molar-refractivity contribution in [2.24, 2.45) is 0 Å². The van der Waals surface area contributed by atoms with Gasteiger partial charge in [-0.2, -0.15) is 0 Å². The van der Waals surface area contributed by atoms with Gasteiger partial charge in [0.15, 0.2) is 21.3 Å². The van der Waals surface area contributed by atoms with Gasteiger partial charge in [0.25, 0.3) is 5.91 Å². The molecule has 5 rings (SSSR count). The lowest BCUT2D eigenvalue weighted by Crippen LogP contribution is -2.48. The number of pyridine rings is 1. The number of nitrogen functional groups attached to an aromatic ring is 1. The number of imidazole rings is 1. The van der Waals surface area contributed by atoms with Gasteiger partial charge in [-0.15, -0.1) is 5.10 Å². The maximum Gasteiger partial charge on any atom is 0.259 e. The van der Waals surface area contributed by atoms with E-state index in [1.54, 1.807) is 37.1 Å². The number of nitrogens with two attached hydrogens (primary N) is 1. The van der Waals surface area contributed by atoms with E-state index in [0.29, 0.717) is 22.7 Å². The van der Waals surface area contributed by atoms with Gasteiger partial charge in [-0.05, 0) is 26.0 Å². The smallest absolute Gasteiger partial charge is 0.259 e. The van der Waals surface area contributed by atoms with Crippen LogP contribution in [0.5, 0.6) is 0 Å². The lowest BCUT2D eigenvalue weighted by Gasteiger charge is -2.37. The first-order chi connectivity index (χ1) is 16.2. The van der Waals surface area contributed by atoms with E-state index in [4.69, 9.17) is 17.3 Å². The number of nitrogens with zero attached hydrogens (tertiary/aromatic N) is 6. The number of carbonyl (C=O) groups is 1. The predicted octanol–water partition coefficient (Wildman–Crippen LogP) is 1.73. The molecule has 13 heteroatoms. The average Bonchev–Trinajstić information content (AvgIpc) is 3.38. The number of hydrogen-bond acceptors (Lipinski definition) is 8. The molecule has 1 aliphatic heterocycles. The zero-order valence-electron chi connectivity index (χ0n) is 18.5. The number of hydrogen-bond donors (Lipinski definition) is 2. The third-order valence-corrected chi connectivity index (χ3v) is 8.16. The third kappa shape index (κ3) is 3.72. The van der Waals surface area contributed by atoms with E-state index in [9.17, 15) is 13.2 Å². The highest BCUT2D eigenvalue weighted by molar-refractivity contribution is 7.91. The summed E-state index contributed by atoms with van der Waals surface area (Å²) in [5.41, 5.74) is 7.95. The van der Waals surface area contributed by atoms with Crippen LogP contribution in [0.25, 0.3) is 11.2 Å². The van der Waals surface area contributed by atoms with Crippen LogP contribution in [0.15, 0.2) is 37.1 Å². The Balaban J connectivity index is 1.56. The van der Waals surface area contributed by atoms with Gasteiger partial charge in [0.05, 0.1) is 34.3 Å². The number of amides is 1. The van der Waals surface area contributed by atoms with Gasteiger partial charge in [0.1, 0.15) is 17.7 Å². The van der Waals surface area contributed by atoms with Gasteiger partial charge in [0, 0.05) is 30.5 Å². The molecule has 178 valence electrons. The molecule has 11 nitrogen and oxygen atoms in total. The van der Waals surface area contributed by atoms with Crippen LogP contribution in [-0.2, 0) is 9.84 Å². The average molecular weight is 503 g/mol. The second-order valence-electron chi connectivity index (χ2n) is 8.42. The summed E-state index contributed by atoms with van der Waals surface area (Å²) in [7, 11) is -3.12. The first-order valence-corrected chi connectivity index (χ1v) is 12.9. The molecule has 34 heavy (non-hydrogen) atoms. The van der Waals surface area contributed by atoms with Crippen molar-refractivity contribution >= 4 is 50.1 Å². The normalized spacial score (nSPS) is 18.9. The Morgan fingerprint density at radius 2 is 2.18 bits per heavy atom. The molecule has 4 aromatic heterocycles. The lowest BCUT2D eigenvalue weighted by atomic mass is 10.1. The van der Waals surface area contributed by atoms with E-state index >= 15 is 0 Å². The van der Waals surface area contributed by atoms with E-state index in [-0.39, 0.29) is 28.9 Å². The monoisotopic (exact) mass is 502 g/mol. The van der Waals surface area contributed by atoms with E-state index in [1.807, 2.05) is 23.1 Å². The topological polar surface area (TPSA) is 140 Å². The molecular weight excluding hydrogens is 480 g/mol. The minimum Gasteiger partial charge on any atom is -0.381 e. The van der Waals surface area contributed by atoms with Crippen molar-refractivity contribution in [1.82, 2.24) is 29.3 Å².